The third-order valence-electron chi connectivity index (χ3n) is 2.40. The highest BCUT2D eigenvalue weighted by Gasteiger charge is 2.04. The SMILES string of the molecule is COc1cccc(-c2ncc(OCC(C)=O)cn2)c1. The van der Waals surface area contributed by atoms with E-state index in [9.17, 15) is 4.79 Å². The van der Waals surface area contributed by atoms with Gasteiger partial charge in [-0.15, -0.1) is 0 Å². The highest BCUT2D eigenvalue weighted by atomic mass is 16.5. The van der Waals surface area contributed by atoms with Gasteiger partial charge in [-0.05, 0) is 19.1 Å². The average molecular weight is 258 g/mol. The molecule has 2 aromatic rings. The van der Waals surface area contributed by atoms with E-state index in [1.807, 2.05) is 24.3 Å². The van der Waals surface area contributed by atoms with Crippen molar-refractivity contribution < 1.29 is 14.3 Å². The molecule has 0 bridgehead atoms. The lowest BCUT2D eigenvalue weighted by atomic mass is 10.2. The third-order valence-corrected chi connectivity index (χ3v) is 2.40. The molecule has 0 amide bonds. The average Bonchev–Trinajstić information content (AvgIpc) is 2.45. The van der Waals surface area contributed by atoms with Crippen molar-refractivity contribution in [1.82, 2.24) is 9.97 Å². The van der Waals surface area contributed by atoms with E-state index in [1.54, 1.807) is 19.5 Å². The highest BCUT2D eigenvalue weighted by Crippen LogP contribution is 2.21. The number of carbonyl (C=O) groups excluding carboxylic acids is 1. The van der Waals surface area contributed by atoms with Gasteiger partial charge in [-0.2, -0.15) is 0 Å². The smallest absolute Gasteiger partial charge is 0.167 e. The maximum Gasteiger partial charge on any atom is 0.167 e. The van der Waals surface area contributed by atoms with Crippen molar-refractivity contribution in [3.63, 3.8) is 0 Å². The Morgan fingerprint density at radius 3 is 2.58 bits per heavy atom. The summed E-state index contributed by atoms with van der Waals surface area (Å²) in [6.07, 6.45) is 3.09. The number of rotatable bonds is 5. The van der Waals surface area contributed by atoms with E-state index in [0.29, 0.717) is 11.6 Å². The molecule has 5 nitrogen and oxygen atoms in total. The topological polar surface area (TPSA) is 61.3 Å². The van der Waals surface area contributed by atoms with Crippen LogP contribution in [0.2, 0.25) is 0 Å². The Kier molecular flexibility index (Phi) is 4.07. The summed E-state index contributed by atoms with van der Waals surface area (Å²) in [5.74, 6) is 1.76. The Morgan fingerprint density at radius 1 is 1.21 bits per heavy atom. The van der Waals surface area contributed by atoms with E-state index in [1.165, 1.54) is 6.92 Å². The van der Waals surface area contributed by atoms with Crippen LogP contribution in [-0.2, 0) is 4.79 Å². The van der Waals surface area contributed by atoms with Gasteiger partial charge in [0, 0.05) is 5.56 Å². The summed E-state index contributed by atoms with van der Waals surface area (Å²) in [7, 11) is 1.61. The zero-order chi connectivity index (χ0) is 13.7. The summed E-state index contributed by atoms with van der Waals surface area (Å²) in [6.45, 7) is 1.49. The van der Waals surface area contributed by atoms with Gasteiger partial charge in [-0.3, -0.25) is 4.79 Å². The molecule has 1 heterocycles. The van der Waals surface area contributed by atoms with Crippen molar-refractivity contribution in [2.75, 3.05) is 13.7 Å². The third kappa shape index (κ3) is 3.51. The Bertz CT molecular complexity index is 567. The molecule has 98 valence electrons. The second-order valence-corrected chi connectivity index (χ2v) is 3.97. The molecule has 2 rings (SSSR count). The van der Waals surface area contributed by atoms with Crippen molar-refractivity contribution in [1.29, 1.82) is 0 Å². The Labute approximate surface area is 111 Å². The van der Waals surface area contributed by atoms with Crippen LogP contribution in [0.15, 0.2) is 36.7 Å². The summed E-state index contributed by atoms with van der Waals surface area (Å²) in [5, 5.41) is 0. The molecule has 0 saturated heterocycles. The van der Waals surface area contributed by atoms with E-state index in [2.05, 4.69) is 9.97 Å². The summed E-state index contributed by atoms with van der Waals surface area (Å²) in [6, 6.07) is 7.48. The lowest BCUT2D eigenvalue weighted by molar-refractivity contribution is -0.118. The monoisotopic (exact) mass is 258 g/mol. The summed E-state index contributed by atoms with van der Waals surface area (Å²) < 4.78 is 10.4. The molecule has 0 unspecified atom stereocenters. The van der Waals surface area contributed by atoms with Gasteiger partial charge in [0.2, 0.25) is 0 Å². The highest BCUT2D eigenvalue weighted by molar-refractivity contribution is 5.77. The zero-order valence-corrected chi connectivity index (χ0v) is 10.8. The fourth-order valence-electron chi connectivity index (χ4n) is 1.49. The standard InChI is InChI=1S/C14H14N2O3/c1-10(17)9-19-13-7-15-14(16-8-13)11-4-3-5-12(6-11)18-2/h3-8H,9H2,1-2H3. The summed E-state index contributed by atoms with van der Waals surface area (Å²) in [4.78, 5) is 19.2. The second kappa shape index (κ2) is 5.95. The molecule has 0 fully saturated rings. The maximum absolute atomic E-state index is 10.8. The molecule has 5 heteroatoms. The second-order valence-electron chi connectivity index (χ2n) is 3.97. The Hall–Kier alpha value is -2.43. The molecule has 0 aliphatic heterocycles. The molecule has 0 radical (unpaired) electrons. The first kappa shape index (κ1) is 13.0. The van der Waals surface area contributed by atoms with Crippen LogP contribution in [0.25, 0.3) is 11.4 Å². The molecule has 0 spiro atoms. The van der Waals surface area contributed by atoms with Crippen molar-refractivity contribution >= 4 is 5.78 Å². The number of methoxy groups -OCH3 is 1. The van der Waals surface area contributed by atoms with Gasteiger partial charge in [-0.25, -0.2) is 9.97 Å². The number of ether oxygens (including phenoxy) is 2. The lowest BCUT2D eigenvalue weighted by Gasteiger charge is -2.05. The van der Waals surface area contributed by atoms with Crippen LogP contribution < -0.4 is 9.47 Å². The first-order valence-electron chi connectivity index (χ1n) is 5.78. The van der Waals surface area contributed by atoms with Gasteiger partial charge in [-0.1, -0.05) is 12.1 Å². The fourth-order valence-corrected chi connectivity index (χ4v) is 1.49. The van der Waals surface area contributed by atoms with Crippen molar-refractivity contribution in [3.05, 3.63) is 36.7 Å². The molecular weight excluding hydrogens is 244 g/mol. The van der Waals surface area contributed by atoms with Gasteiger partial charge in [0.25, 0.3) is 0 Å². The van der Waals surface area contributed by atoms with Crippen LogP contribution in [0.5, 0.6) is 11.5 Å². The van der Waals surface area contributed by atoms with Gasteiger partial charge in [0.05, 0.1) is 19.5 Å². The zero-order valence-electron chi connectivity index (χ0n) is 10.8. The molecule has 19 heavy (non-hydrogen) atoms. The predicted octanol–water partition coefficient (Wildman–Crippen LogP) is 2.12. The predicted molar refractivity (Wildman–Crippen MR) is 70.2 cm³/mol. The number of hydrogen-bond donors (Lipinski definition) is 0. The van der Waals surface area contributed by atoms with Crippen molar-refractivity contribution in [2.24, 2.45) is 0 Å². The van der Waals surface area contributed by atoms with E-state index in [4.69, 9.17) is 9.47 Å². The van der Waals surface area contributed by atoms with E-state index in [-0.39, 0.29) is 12.4 Å². The minimum Gasteiger partial charge on any atom is -0.497 e. The number of carbonyl (C=O) groups is 1. The minimum absolute atomic E-state index is 0.0296. The van der Waals surface area contributed by atoms with Gasteiger partial charge in [0.15, 0.2) is 17.4 Å². The fraction of sp³-hybridized carbons (Fsp3) is 0.214. The van der Waals surface area contributed by atoms with Crippen LogP contribution >= 0.6 is 0 Å². The van der Waals surface area contributed by atoms with E-state index in [0.717, 1.165) is 11.3 Å². The van der Waals surface area contributed by atoms with Crippen molar-refractivity contribution in [3.8, 4) is 22.9 Å². The lowest BCUT2D eigenvalue weighted by Crippen LogP contribution is -2.07. The normalized spacial score (nSPS) is 10.0. The van der Waals surface area contributed by atoms with Crippen LogP contribution in [0.4, 0.5) is 0 Å². The molecule has 0 saturated carbocycles. The van der Waals surface area contributed by atoms with E-state index >= 15 is 0 Å². The number of aromatic nitrogens is 2. The minimum atomic E-state index is -0.0446. The molecule has 1 aromatic heterocycles. The summed E-state index contributed by atoms with van der Waals surface area (Å²) in [5.41, 5.74) is 0.859. The first-order chi connectivity index (χ1) is 9.19. The molecule has 0 N–H and O–H groups in total. The number of ketones is 1. The Morgan fingerprint density at radius 2 is 1.95 bits per heavy atom. The molecule has 0 aliphatic rings. The molecule has 0 atom stereocenters. The summed E-state index contributed by atoms with van der Waals surface area (Å²) >= 11 is 0. The number of Topliss-reactive ketones (excluding diaryl/α,β-unsaturated/α-hetero) is 1. The van der Waals surface area contributed by atoms with Crippen LogP contribution in [0.1, 0.15) is 6.92 Å². The van der Waals surface area contributed by atoms with Gasteiger partial charge >= 0.3 is 0 Å². The first-order valence-corrected chi connectivity index (χ1v) is 5.78. The van der Waals surface area contributed by atoms with Crippen molar-refractivity contribution in [2.45, 2.75) is 6.92 Å². The van der Waals surface area contributed by atoms with E-state index < -0.39 is 0 Å². The molecule has 1 aromatic carbocycles. The van der Waals surface area contributed by atoms with Gasteiger partial charge < -0.3 is 9.47 Å². The van der Waals surface area contributed by atoms with Gasteiger partial charge in [0.1, 0.15) is 12.4 Å². The van der Waals surface area contributed by atoms with Crippen LogP contribution in [0, 0.1) is 0 Å². The molecule has 0 aliphatic carbocycles. The number of benzene rings is 1. The van der Waals surface area contributed by atoms with Crippen LogP contribution in [-0.4, -0.2) is 29.5 Å². The van der Waals surface area contributed by atoms with Crippen LogP contribution in [0.3, 0.4) is 0 Å². The number of nitrogens with zero attached hydrogens (tertiary/aromatic N) is 2. The largest absolute Gasteiger partial charge is 0.497 e. The maximum atomic E-state index is 10.8. The Balaban J connectivity index is 2.15. The number of hydrogen-bond acceptors (Lipinski definition) is 5. The quantitative estimate of drug-likeness (QED) is 0.822. The molecular formula is C14H14N2O3.